The number of aryl methyl sites for hydroxylation is 8. The van der Waals surface area contributed by atoms with E-state index in [9.17, 15) is 0 Å². The molecule has 0 aromatic heterocycles. The standard InChI is InChI=1S/C38H40N2.C3H6/c1-25-12-16-33(17-13-25)39(37-29(5)20-27(3)21-30(37)6)35-10-9-11-36(24-35)40(34-18-14-26(2)15-19-34)38-31(7)22-28(4)23-32(38)8;1-3-2/h9-24H,1-8H3;3H,1H2,2H3. The number of hydrogen-bond acceptors (Lipinski definition) is 2. The molecule has 0 radical (unpaired) electrons. The average molecular weight is 567 g/mol. The number of benzene rings is 5. The SMILES string of the molecule is C=CC.Cc1ccc(N(c2cccc(N(c3ccc(C)cc3)c3c(C)cc(C)cc3C)c2)c2c(C)cc(C)cc2C)cc1. The number of nitrogens with zero attached hydrogens (tertiary/aromatic N) is 2. The highest BCUT2D eigenvalue weighted by Crippen LogP contribution is 2.44. The fraction of sp³-hybridized carbons (Fsp3) is 0.220. The molecule has 220 valence electrons. The van der Waals surface area contributed by atoms with E-state index in [4.69, 9.17) is 0 Å². The molecule has 5 aromatic carbocycles. The molecule has 0 amide bonds. The monoisotopic (exact) mass is 566 g/mol. The molecule has 0 aliphatic carbocycles. The van der Waals surface area contributed by atoms with E-state index in [1.54, 1.807) is 6.08 Å². The van der Waals surface area contributed by atoms with Gasteiger partial charge in [0.05, 0.1) is 11.4 Å². The molecule has 0 saturated heterocycles. The van der Waals surface area contributed by atoms with E-state index in [-0.39, 0.29) is 0 Å². The molecule has 0 fully saturated rings. The highest BCUT2D eigenvalue weighted by Gasteiger charge is 2.21. The van der Waals surface area contributed by atoms with E-state index in [0.717, 1.165) is 22.7 Å². The smallest absolute Gasteiger partial charge is 0.0520 e. The fourth-order valence-corrected chi connectivity index (χ4v) is 6.02. The van der Waals surface area contributed by atoms with Crippen molar-refractivity contribution < 1.29 is 0 Å². The van der Waals surface area contributed by atoms with E-state index in [2.05, 4.69) is 169 Å². The summed E-state index contributed by atoms with van der Waals surface area (Å²) in [7, 11) is 0. The molecule has 5 rings (SSSR count). The first kappa shape index (κ1) is 31.4. The van der Waals surface area contributed by atoms with Crippen LogP contribution in [0, 0.1) is 55.4 Å². The summed E-state index contributed by atoms with van der Waals surface area (Å²) in [5.74, 6) is 0. The Bertz CT molecular complexity index is 1540. The van der Waals surface area contributed by atoms with E-state index >= 15 is 0 Å². The van der Waals surface area contributed by atoms with Crippen LogP contribution in [0.2, 0.25) is 0 Å². The third-order valence-corrected chi connectivity index (χ3v) is 7.65. The van der Waals surface area contributed by atoms with Gasteiger partial charge in [0.25, 0.3) is 0 Å². The van der Waals surface area contributed by atoms with Crippen molar-refractivity contribution in [3.63, 3.8) is 0 Å². The molecule has 5 aromatic rings. The van der Waals surface area contributed by atoms with Crippen LogP contribution in [0.3, 0.4) is 0 Å². The maximum Gasteiger partial charge on any atom is 0.0520 e. The van der Waals surface area contributed by atoms with E-state index < -0.39 is 0 Å². The van der Waals surface area contributed by atoms with Gasteiger partial charge in [-0.3, -0.25) is 0 Å². The van der Waals surface area contributed by atoms with Crippen molar-refractivity contribution in [3.05, 3.63) is 154 Å². The molecule has 2 heteroatoms. The highest BCUT2D eigenvalue weighted by atomic mass is 15.2. The van der Waals surface area contributed by atoms with Gasteiger partial charge in [0.1, 0.15) is 0 Å². The Kier molecular flexibility index (Phi) is 9.93. The van der Waals surface area contributed by atoms with Crippen LogP contribution in [0.4, 0.5) is 34.1 Å². The summed E-state index contributed by atoms with van der Waals surface area (Å²) in [4.78, 5) is 4.82. The zero-order chi connectivity index (χ0) is 31.3. The summed E-state index contributed by atoms with van der Waals surface area (Å²) in [6.07, 6.45) is 1.75. The predicted octanol–water partition coefficient (Wildman–Crippen LogP) is 12.3. The Morgan fingerprint density at radius 3 is 1.02 bits per heavy atom. The zero-order valence-electron chi connectivity index (χ0n) is 27.4. The summed E-state index contributed by atoms with van der Waals surface area (Å²) in [5.41, 5.74) is 17.2. The fourth-order valence-electron chi connectivity index (χ4n) is 6.02. The van der Waals surface area contributed by atoms with Crippen molar-refractivity contribution in [2.45, 2.75) is 62.3 Å². The van der Waals surface area contributed by atoms with Crippen molar-refractivity contribution in [2.24, 2.45) is 0 Å². The van der Waals surface area contributed by atoms with Crippen molar-refractivity contribution in [3.8, 4) is 0 Å². The maximum absolute atomic E-state index is 3.36. The normalized spacial score (nSPS) is 10.5. The zero-order valence-corrected chi connectivity index (χ0v) is 27.4. The first-order valence-corrected chi connectivity index (χ1v) is 15.1. The Labute approximate surface area is 260 Å². The van der Waals surface area contributed by atoms with Crippen molar-refractivity contribution in [1.29, 1.82) is 0 Å². The van der Waals surface area contributed by atoms with E-state index in [1.165, 1.54) is 55.9 Å². The van der Waals surface area contributed by atoms with Gasteiger partial charge in [-0.1, -0.05) is 82.9 Å². The Morgan fingerprint density at radius 1 is 0.419 bits per heavy atom. The second-order valence-corrected chi connectivity index (χ2v) is 11.8. The number of rotatable bonds is 6. The summed E-state index contributed by atoms with van der Waals surface area (Å²) >= 11 is 0. The third kappa shape index (κ3) is 7.09. The molecule has 2 nitrogen and oxygen atoms in total. The largest absolute Gasteiger partial charge is 0.310 e. The van der Waals surface area contributed by atoms with Crippen LogP contribution < -0.4 is 9.80 Å². The van der Waals surface area contributed by atoms with Crippen LogP contribution in [-0.4, -0.2) is 0 Å². The summed E-state index contributed by atoms with van der Waals surface area (Å²) < 4.78 is 0. The maximum atomic E-state index is 3.36. The van der Waals surface area contributed by atoms with Crippen LogP contribution in [-0.2, 0) is 0 Å². The van der Waals surface area contributed by atoms with Crippen molar-refractivity contribution >= 4 is 34.1 Å². The second kappa shape index (κ2) is 13.6. The Balaban J connectivity index is 0.00000135. The minimum absolute atomic E-state index is 1.14. The van der Waals surface area contributed by atoms with Gasteiger partial charge < -0.3 is 9.80 Å². The van der Waals surface area contributed by atoms with Crippen LogP contribution >= 0.6 is 0 Å². The van der Waals surface area contributed by atoms with Crippen molar-refractivity contribution in [1.82, 2.24) is 0 Å². The second-order valence-electron chi connectivity index (χ2n) is 11.8. The highest BCUT2D eigenvalue weighted by molar-refractivity contribution is 5.86. The van der Waals surface area contributed by atoms with Gasteiger partial charge in [-0.05, 0) is 127 Å². The minimum Gasteiger partial charge on any atom is -0.310 e. The lowest BCUT2D eigenvalue weighted by Gasteiger charge is -2.32. The lowest BCUT2D eigenvalue weighted by molar-refractivity contribution is 1.18. The minimum atomic E-state index is 1.14. The molecule has 0 atom stereocenters. The molecule has 0 aliphatic rings. The Morgan fingerprint density at radius 2 is 0.721 bits per heavy atom. The predicted molar refractivity (Wildman–Crippen MR) is 190 cm³/mol. The number of allylic oxidation sites excluding steroid dienone is 1. The van der Waals surface area contributed by atoms with Crippen LogP contribution in [0.5, 0.6) is 0 Å². The first-order valence-electron chi connectivity index (χ1n) is 15.1. The molecule has 0 heterocycles. The van der Waals surface area contributed by atoms with Gasteiger partial charge in [0, 0.05) is 22.7 Å². The average Bonchev–Trinajstić information content (AvgIpc) is 2.94. The van der Waals surface area contributed by atoms with Gasteiger partial charge >= 0.3 is 0 Å². The number of anilines is 6. The molecular weight excluding hydrogens is 520 g/mol. The molecule has 0 N–H and O–H groups in total. The third-order valence-electron chi connectivity index (χ3n) is 7.65. The topological polar surface area (TPSA) is 6.48 Å². The summed E-state index contributed by atoms with van der Waals surface area (Å²) in [5, 5.41) is 0. The van der Waals surface area contributed by atoms with Gasteiger partial charge in [-0.2, -0.15) is 0 Å². The molecule has 0 spiro atoms. The summed E-state index contributed by atoms with van der Waals surface area (Å²) in [6, 6.07) is 35.8. The lowest BCUT2D eigenvalue weighted by Crippen LogP contribution is -2.16. The molecule has 0 aliphatic heterocycles. The molecule has 0 saturated carbocycles. The van der Waals surface area contributed by atoms with E-state index in [0.29, 0.717) is 0 Å². The Hall–Kier alpha value is -4.56. The molecule has 0 bridgehead atoms. The number of hydrogen-bond donors (Lipinski definition) is 0. The van der Waals surface area contributed by atoms with Crippen LogP contribution in [0.25, 0.3) is 0 Å². The molecule has 43 heavy (non-hydrogen) atoms. The van der Waals surface area contributed by atoms with Crippen LogP contribution in [0.15, 0.2) is 110 Å². The van der Waals surface area contributed by atoms with Gasteiger partial charge in [-0.15, -0.1) is 6.58 Å². The summed E-state index contributed by atoms with van der Waals surface area (Å²) in [6.45, 7) is 22.8. The molecule has 0 unspecified atom stereocenters. The lowest BCUT2D eigenvalue weighted by atomic mass is 10.0. The van der Waals surface area contributed by atoms with Gasteiger partial charge in [0.15, 0.2) is 0 Å². The van der Waals surface area contributed by atoms with Crippen LogP contribution in [0.1, 0.15) is 51.4 Å². The quantitative estimate of drug-likeness (QED) is 0.189. The first-order chi connectivity index (χ1) is 20.5. The molecular formula is C41H46N2. The van der Waals surface area contributed by atoms with E-state index in [1.807, 2.05) is 6.92 Å². The van der Waals surface area contributed by atoms with Gasteiger partial charge in [-0.25, -0.2) is 0 Å². The van der Waals surface area contributed by atoms with Crippen molar-refractivity contribution in [2.75, 3.05) is 9.80 Å². The van der Waals surface area contributed by atoms with Gasteiger partial charge in [0.2, 0.25) is 0 Å².